The van der Waals surface area contributed by atoms with Crippen molar-refractivity contribution in [2.45, 2.75) is 58.7 Å². The molecule has 0 aromatic heterocycles. The second-order valence-electron chi connectivity index (χ2n) is 5.80. The summed E-state index contributed by atoms with van der Waals surface area (Å²) in [6.45, 7) is 7.68. The monoisotopic (exact) mass is 285 g/mol. The zero-order chi connectivity index (χ0) is 15.5. The van der Waals surface area contributed by atoms with E-state index in [1.807, 2.05) is 27.7 Å². The number of hydrogen-bond donors (Lipinski definition) is 0. The van der Waals surface area contributed by atoms with Crippen molar-refractivity contribution in [3.63, 3.8) is 0 Å². The third-order valence-corrected chi connectivity index (χ3v) is 4.32. The Hall–Kier alpha value is -0.940. The minimum absolute atomic E-state index is 0.0972. The molecule has 5 nitrogen and oxygen atoms in total. The molecule has 1 aliphatic rings. The molecule has 1 saturated heterocycles. The lowest BCUT2D eigenvalue weighted by Gasteiger charge is -2.29. The van der Waals surface area contributed by atoms with Crippen molar-refractivity contribution < 1.29 is 19.2 Å². The summed E-state index contributed by atoms with van der Waals surface area (Å²) in [6.07, 6.45) is 1.56. The molecule has 1 amide bonds. The van der Waals surface area contributed by atoms with E-state index in [1.165, 1.54) is 12.2 Å². The molecular weight excluding hydrogens is 258 g/mol. The zero-order valence-electron chi connectivity index (χ0n) is 13.4. The van der Waals surface area contributed by atoms with Crippen LogP contribution in [0.1, 0.15) is 47.0 Å². The normalized spacial score (nSPS) is 31.1. The van der Waals surface area contributed by atoms with Crippen molar-refractivity contribution in [1.82, 2.24) is 5.06 Å². The van der Waals surface area contributed by atoms with Crippen LogP contribution in [0.5, 0.6) is 0 Å². The number of carbonyl (C=O) groups is 2. The summed E-state index contributed by atoms with van der Waals surface area (Å²) in [5.41, 5.74) is -0.752. The third-order valence-electron chi connectivity index (χ3n) is 4.32. The predicted octanol–water partition coefficient (Wildman–Crippen LogP) is 2.20. The van der Waals surface area contributed by atoms with E-state index in [-0.39, 0.29) is 29.6 Å². The molecule has 0 aromatic carbocycles. The van der Waals surface area contributed by atoms with Crippen LogP contribution in [-0.2, 0) is 19.2 Å². The Kier molecular flexibility index (Phi) is 5.71. The lowest BCUT2D eigenvalue weighted by Crippen LogP contribution is -2.42. The molecule has 0 saturated carbocycles. The first-order valence-electron chi connectivity index (χ1n) is 7.33. The lowest BCUT2D eigenvalue weighted by atomic mass is 9.85. The summed E-state index contributed by atoms with van der Waals surface area (Å²) in [4.78, 5) is 29.3. The maximum atomic E-state index is 12.3. The Balaban J connectivity index is 2.90. The molecule has 1 heterocycles. The molecule has 5 heteroatoms. The molecule has 1 fully saturated rings. The predicted molar refractivity (Wildman–Crippen MR) is 75.9 cm³/mol. The van der Waals surface area contributed by atoms with E-state index in [2.05, 4.69) is 0 Å². The van der Waals surface area contributed by atoms with E-state index in [0.29, 0.717) is 19.3 Å². The first-order chi connectivity index (χ1) is 9.30. The molecule has 0 N–H and O–H groups in total. The Morgan fingerprint density at radius 1 is 1.45 bits per heavy atom. The molecule has 0 aliphatic carbocycles. The SMILES string of the molecule is CCC(=O)[C@]1(C)C[C@H](C)[C@@H]([C@@H](CC)C(=O)N(C)OC)O1. The molecule has 20 heavy (non-hydrogen) atoms. The number of ketones is 1. The van der Waals surface area contributed by atoms with Gasteiger partial charge in [0.05, 0.1) is 19.1 Å². The summed E-state index contributed by atoms with van der Waals surface area (Å²) < 4.78 is 6.03. The number of amides is 1. The van der Waals surface area contributed by atoms with Crippen molar-refractivity contribution in [1.29, 1.82) is 0 Å². The Morgan fingerprint density at radius 3 is 2.50 bits per heavy atom. The minimum Gasteiger partial charge on any atom is -0.363 e. The van der Waals surface area contributed by atoms with Crippen LogP contribution in [0, 0.1) is 11.8 Å². The average Bonchev–Trinajstić information content (AvgIpc) is 2.74. The lowest BCUT2D eigenvalue weighted by molar-refractivity contribution is -0.181. The van der Waals surface area contributed by atoms with Gasteiger partial charge in [0.15, 0.2) is 5.78 Å². The van der Waals surface area contributed by atoms with E-state index in [0.717, 1.165) is 0 Å². The number of carbonyl (C=O) groups excluding carboxylic acids is 2. The fourth-order valence-corrected chi connectivity index (χ4v) is 3.10. The van der Waals surface area contributed by atoms with Crippen molar-refractivity contribution in [3.8, 4) is 0 Å². The van der Waals surface area contributed by atoms with Gasteiger partial charge in [0, 0.05) is 13.5 Å². The van der Waals surface area contributed by atoms with Gasteiger partial charge < -0.3 is 4.74 Å². The molecule has 0 spiro atoms. The highest BCUT2D eigenvalue weighted by Gasteiger charge is 2.49. The minimum atomic E-state index is -0.752. The van der Waals surface area contributed by atoms with Gasteiger partial charge in [-0.25, -0.2) is 5.06 Å². The Bertz CT molecular complexity index is 371. The van der Waals surface area contributed by atoms with Crippen molar-refractivity contribution in [2.75, 3.05) is 14.2 Å². The standard InChI is InChI=1S/C15H27NO4/c1-7-11(14(18)16(5)19-6)13-10(3)9-15(4,20-13)12(17)8-2/h10-11,13H,7-9H2,1-6H3/t10-,11+,13-,15-/m0/s1. The maximum absolute atomic E-state index is 12.3. The van der Waals surface area contributed by atoms with Crippen molar-refractivity contribution in [2.24, 2.45) is 11.8 Å². The van der Waals surface area contributed by atoms with E-state index in [4.69, 9.17) is 9.57 Å². The van der Waals surface area contributed by atoms with Gasteiger partial charge in [-0.2, -0.15) is 0 Å². The molecule has 1 aliphatic heterocycles. The Morgan fingerprint density at radius 2 is 2.05 bits per heavy atom. The number of nitrogens with zero attached hydrogens (tertiary/aromatic N) is 1. The van der Waals surface area contributed by atoms with Crippen molar-refractivity contribution >= 4 is 11.7 Å². The molecule has 0 aromatic rings. The van der Waals surface area contributed by atoms with Crippen LogP contribution in [0.4, 0.5) is 0 Å². The fraction of sp³-hybridized carbons (Fsp3) is 0.867. The molecular formula is C15H27NO4. The van der Waals surface area contributed by atoms with E-state index < -0.39 is 5.60 Å². The number of Topliss-reactive ketones (excluding diaryl/α,β-unsaturated/α-hetero) is 1. The first-order valence-corrected chi connectivity index (χ1v) is 7.33. The number of ether oxygens (including phenoxy) is 1. The van der Waals surface area contributed by atoms with Gasteiger partial charge in [-0.05, 0) is 25.7 Å². The summed E-state index contributed by atoms with van der Waals surface area (Å²) in [7, 11) is 3.06. The van der Waals surface area contributed by atoms with Crippen LogP contribution < -0.4 is 0 Å². The zero-order valence-corrected chi connectivity index (χ0v) is 13.4. The van der Waals surface area contributed by atoms with Gasteiger partial charge in [-0.1, -0.05) is 20.8 Å². The summed E-state index contributed by atoms with van der Waals surface area (Å²) >= 11 is 0. The second kappa shape index (κ2) is 6.68. The molecule has 4 atom stereocenters. The largest absolute Gasteiger partial charge is 0.363 e. The highest BCUT2D eigenvalue weighted by atomic mass is 16.7. The molecule has 0 radical (unpaired) electrons. The van der Waals surface area contributed by atoms with Crippen LogP contribution in [-0.4, -0.2) is 42.6 Å². The molecule has 0 bridgehead atoms. The topological polar surface area (TPSA) is 55.8 Å². The van der Waals surface area contributed by atoms with Crippen LogP contribution in [0.15, 0.2) is 0 Å². The van der Waals surface area contributed by atoms with Crippen LogP contribution >= 0.6 is 0 Å². The van der Waals surface area contributed by atoms with Gasteiger partial charge in [0.2, 0.25) is 0 Å². The van der Waals surface area contributed by atoms with Crippen molar-refractivity contribution in [3.05, 3.63) is 0 Å². The highest BCUT2D eigenvalue weighted by Crippen LogP contribution is 2.40. The second-order valence-corrected chi connectivity index (χ2v) is 5.80. The number of hydroxylamine groups is 2. The summed E-state index contributed by atoms with van der Waals surface area (Å²) in [5.74, 6) is -0.0922. The maximum Gasteiger partial charge on any atom is 0.251 e. The van der Waals surface area contributed by atoms with Gasteiger partial charge in [0.1, 0.15) is 5.60 Å². The van der Waals surface area contributed by atoms with Crippen LogP contribution in [0.2, 0.25) is 0 Å². The van der Waals surface area contributed by atoms with Gasteiger partial charge >= 0.3 is 0 Å². The summed E-state index contributed by atoms with van der Waals surface area (Å²) in [5, 5.41) is 1.24. The van der Waals surface area contributed by atoms with E-state index in [9.17, 15) is 9.59 Å². The van der Waals surface area contributed by atoms with Gasteiger partial charge in [0.25, 0.3) is 5.91 Å². The number of rotatable bonds is 6. The average molecular weight is 285 g/mol. The molecule has 0 unspecified atom stereocenters. The third kappa shape index (κ3) is 3.20. The van der Waals surface area contributed by atoms with Crippen LogP contribution in [0.3, 0.4) is 0 Å². The van der Waals surface area contributed by atoms with E-state index >= 15 is 0 Å². The first kappa shape index (κ1) is 17.1. The van der Waals surface area contributed by atoms with Gasteiger partial charge in [-0.15, -0.1) is 0 Å². The van der Waals surface area contributed by atoms with E-state index in [1.54, 1.807) is 7.05 Å². The smallest absolute Gasteiger partial charge is 0.251 e. The number of hydrogen-bond acceptors (Lipinski definition) is 4. The van der Waals surface area contributed by atoms with Crippen LogP contribution in [0.25, 0.3) is 0 Å². The molecule has 116 valence electrons. The quantitative estimate of drug-likeness (QED) is 0.702. The highest BCUT2D eigenvalue weighted by molar-refractivity contribution is 5.87. The summed E-state index contributed by atoms with van der Waals surface area (Å²) in [6, 6.07) is 0. The Labute approximate surface area is 121 Å². The van der Waals surface area contributed by atoms with Gasteiger partial charge in [-0.3, -0.25) is 14.4 Å². The molecule has 1 rings (SSSR count). The fourth-order valence-electron chi connectivity index (χ4n) is 3.10.